The summed E-state index contributed by atoms with van der Waals surface area (Å²) >= 11 is 3.80. The van der Waals surface area contributed by atoms with Crippen molar-refractivity contribution >= 4 is 33.4 Å². The summed E-state index contributed by atoms with van der Waals surface area (Å²) in [4.78, 5) is 2.20. The lowest BCUT2D eigenvalue weighted by molar-refractivity contribution is 0.287. The Kier molecular flexibility index (Phi) is 7.00. The molecule has 2 rings (SSSR count). The van der Waals surface area contributed by atoms with Crippen LogP contribution in [-0.2, 0) is 9.84 Å². The Labute approximate surface area is 131 Å². The smallest absolute Gasteiger partial charge is 0.166 e. The zero-order chi connectivity index (χ0) is 14.4. The van der Waals surface area contributed by atoms with Crippen LogP contribution in [-0.4, -0.2) is 73.1 Å². The third-order valence-corrected chi connectivity index (χ3v) is 8.72. The molecule has 0 aliphatic carbocycles. The van der Waals surface area contributed by atoms with Crippen molar-refractivity contribution in [1.82, 2.24) is 10.2 Å². The number of piperidine rings is 1. The van der Waals surface area contributed by atoms with Crippen molar-refractivity contribution in [2.24, 2.45) is 0 Å². The van der Waals surface area contributed by atoms with Crippen LogP contribution in [0.15, 0.2) is 0 Å². The van der Waals surface area contributed by atoms with Crippen molar-refractivity contribution in [2.75, 3.05) is 49.2 Å². The standard InChI is InChI=1S/C13H26N2O2S3/c1-2-20(16,17)13-11-18-9-7-15(13)8-10-19-12-3-5-14-6-4-12/h12-14H,2-11H2,1H3. The average molecular weight is 339 g/mol. The van der Waals surface area contributed by atoms with E-state index in [1.54, 1.807) is 18.7 Å². The number of rotatable bonds is 6. The lowest BCUT2D eigenvalue weighted by Crippen LogP contribution is -2.48. The van der Waals surface area contributed by atoms with Crippen LogP contribution >= 0.6 is 23.5 Å². The molecule has 0 aromatic carbocycles. The number of hydrogen-bond donors (Lipinski definition) is 1. The predicted molar refractivity (Wildman–Crippen MR) is 90.5 cm³/mol. The van der Waals surface area contributed by atoms with Crippen molar-refractivity contribution < 1.29 is 8.42 Å². The number of nitrogens with one attached hydrogen (secondary N) is 1. The Balaban J connectivity index is 1.80. The average Bonchev–Trinajstić information content (AvgIpc) is 2.49. The largest absolute Gasteiger partial charge is 0.317 e. The van der Waals surface area contributed by atoms with E-state index in [9.17, 15) is 8.42 Å². The summed E-state index contributed by atoms with van der Waals surface area (Å²) < 4.78 is 24.3. The molecule has 1 unspecified atom stereocenters. The van der Waals surface area contributed by atoms with Gasteiger partial charge in [0, 0.05) is 41.4 Å². The van der Waals surface area contributed by atoms with Crippen LogP contribution in [0.1, 0.15) is 19.8 Å². The molecule has 0 aromatic heterocycles. The highest BCUT2D eigenvalue weighted by Crippen LogP contribution is 2.24. The summed E-state index contributed by atoms with van der Waals surface area (Å²) in [7, 11) is -2.94. The monoisotopic (exact) mass is 338 g/mol. The molecule has 4 nitrogen and oxygen atoms in total. The number of thioether (sulfide) groups is 2. The van der Waals surface area contributed by atoms with Crippen LogP contribution in [0.5, 0.6) is 0 Å². The summed E-state index contributed by atoms with van der Waals surface area (Å²) in [5.74, 6) is 3.13. The molecule has 20 heavy (non-hydrogen) atoms. The molecule has 2 aliphatic rings. The summed E-state index contributed by atoms with van der Waals surface area (Å²) in [6, 6.07) is 0. The van der Waals surface area contributed by atoms with Crippen molar-refractivity contribution in [2.45, 2.75) is 30.4 Å². The highest BCUT2D eigenvalue weighted by atomic mass is 32.2. The number of nitrogens with zero attached hydrogens (tertiary/aromatic N) is 1. The third-order valence-electron chi connectivity index (χ3n) is 4.03. The van der Waals surface area contributed by atoms with E-state index in [4.69, 9.17) is 0 Å². The molecule has 118 valence electrons. The summed E-state index contributed by atoms with van der Waals surface area (Å²) in [6.45, 7) is 5.85. The lowest BCUT2D eigenvalue weighted by Gasteiger charge is -2.35. The highest BCUT2D eigenvalue weighted by molar-refractivity contribution is 8.01. The summed E-state index contributed by atoms with van der Waals surface area (Å²) in [6.07, 6.45) is 2.49. The van der Waals surface area contributed by atoms with Gasteiger partial charge in [-0.3, -0.25) is 4.90 Å². The Hall–Kier alpha value is 0.570. The first-order chi connectivity index (χ1) is 9.63. The van der Waals surface area contributed by atoms with Gasteiger partial charge in [0.25, 0.3) is 0 Å². The van der Waals surface area contributed by atoms with Crippen LogP contribution in [0, 0.1) is 0 Å². The molecule has 0 aromatic rings. The molecule has 0 spiro atoms. The molecule has 2 saturated heterocycles. The van der Waals surface area contributed by atoms with Gasteiger partial charge >= 0.3 is 0 Å². The van der Waals surface area contributed by atoms with Crippen LogP contribution in [0.3, 0.4) is 0 Å². The Morgan fingerprint density at radius 3 is 2.80 bits per heavy atom. The van der Waals surface area contributed by atoms with Crippen LogP contribution < -0.4 is 5.32 Å². The summed E-state index contributed by atoms with van der Waals surface area (Å²) in [5, 5.41) is 3.89. The van der Waals surface area contributed by atoms with Crippen LogP contribution in [0.2, 0.25) is 0 Å². The maximum atomic E-state index is 12.2. The van der Waals surface area contributed by atoms with Gasteiger partial charge in [0.2, 0.25) is 0 Å². The minimum absolute atomic E-state index is 0.250. The van der Waals surface area contributed by atoms with Crippen molar-refractivity contribution in [1.29, 1.82) is 0 Å². The molecule has 1 N–H and O–H groups in total. The first kappa shape index (κ1) is 16.9. The van der Waals surface area contributed by atoms with Crippen molar-refractivity contribution in [3.63, 3.8) is 0 Å². The van der Waals surface area contributed by atoms with Gasteiger partial charge in [-0.15, -0.1) is 0 Å². The molecule has 0 amide bonds. The molecule has 0 saturated carbocycles. The number of sulfone groups is 1. The molecule has 2 fully saturated rings. The molecular formula is C13H26N2O2S3. The fraction of sp³-hybridized carbons (Fsp3) is 1.00. The van der Waals surface area contributed by atoms with Crippen LogP contribution in [0.25, 0.3) is 0 Å². The van der Waals surface area contributed by atoms with Crippen LogP contribution in [0.4, 0.5) is 0 Å². The van der Waals surface area contributed by atoms with Crippen molar-refractivity contribution in [3.05, 3.63) is 0 Å². The van der Waals surface area contributed by atoms with Gasteiger partial charge in [-0.2, -0.15) is 23.5 Å². The van der Waals surface area contributed by atoms with E-state index in [-0.39, 0.29) is 11.1 Å². The molecule has 2 heterocycles. The fourth-order valence-corrected chi connectivity index (χ4v) is 7.05. The maximum Gasteiger partial charge on any atom is 0.166 e. The van der Waals surface area contributed by atoms with Gasteiger partial charge < -0.3 is 5.32 Å². The van der Waals surface area contributed by atoms with Gasteiger partial charge in [0.15, 0.2) is 9.84 Å². The normalized spacial score (nSPS) is 26.8. The van der Waals surface area contributed by atoms with Gasteiger partial charge in [-0.05, 0) is 25.9 Å². The zero-order valence-electron chi connectivity index (χ0n) is 12.2. The first-order valence-electron chi connectivity index (χ1n) is 7.49. The molecule has 0 bridgehead atoms. The summed E-state index contributed by atoms with van der Waals surface area (Å²) in [5.41, 5.74) is 0. The van der Waals surface area contributed by atoms with E-state index in [0.717, 1.165) is 48.7 Å². The predicted octanol–water partition coefficient (Wildman–Crippen LogP) is 1.28. The van der Waals surface area contributed by atoms with E-state index in [0.29, 0.717) is 0 Å². The topological polar surface area (TPSA) is 49.4 Å². The Morgan fingerprint density at radius 2 is 2.10 bits per heavy atom. The SMILES string of the molecule is CCS(=O)(=O)C1CSCCN1CCSC1CCNCC1. The molecule has 2 aliphatic heterocycles. The Morgan fingerprint density at radius 1 is 1.35 bits per heavy atom. The third kappa shape index (κ3) is 4.80. The zero-order valence-corrected chi connectivity index (χ0v) is 14.7. The van der Waals surface area contributed by atoms with E-state index in [1.165, 1.54) is 12.8 Å². The second kappa shape index (κ2) is 8.27. The minimum atomic E-state index is -2.94. The molecule has 1 atom stereocenters. The second-order valence-corrected chi connectivity index (χ2v) is 10.3. The van der Waals surface area contributed by atoms with Crippen molar-refractivity contribution in [3.8, 4) is 0 Å². The van der Waals surface area contributed by atoms with Gasteiger partial charge in [0.1, 0.15) is 5.37 Å². The highest BCUT2D eigenvalue weighted by Gasteiger charge is 2.32. The van der Waals surface area contributed by atoms with E-state index in [2.05, 4.69) is 10.2 Å². The van der Waals surface area contributed by atoms with Gasteiger partial charge in [-0.25, -0.2) is 8.42 Å². The fourth-order valence-electron chi connectivity index (χ4n) is 2.69. The molecular weight excluding hydrogens is 312 g/mol. The maximum absolute atomic E-state index is 12.2. The first-order valence-corrected chi connectivity index (χ1v) is 11.4. The van der Waals surface area contributed by atoms with E-state index >= 15 is 0 Å². The van der Waals surface area contributed by atoms with Gasteiger partial charge in [-0.1, -0.05) is 6.92 Å². The Bertz CT molecular complexity index is 383. The minimum Gasteiger partial charge on any atom is -0.317 e. The number of hydrogen-bond acceptors (Lipinski definition) is 6. The van der Waals surface area contributed by atoms with E-state index in [1.807, 2.05) is 11.8 Å². The van der Waals surface area contributed by atoms with Gasteiger partial charge in [0.05, 0.1) is 0 Å². The quantitative estimate of drug-likeness (QED) is 0.787. The van der Waals surface area contributed by atoms with E-state index < -0.39 is 9.84 Å². The second-order valence-electron chi connectivity index (χ2n) is 5.34. The lowest BCUT2D eigenvalue weighted by atomic mass is 10.2. The molecule has 7 heteroatoms. The molecule has 0 radical (unpaired) electrons.